The molecule has 1 unspecified atom stereocenters. The number of nitrogens with one attached hydrogen (secondary N) is 1. The largest absolute Gasteiger partial charge is 0.487 e. The van der Waals surface area contributed by atoms with E-state index in [4.69, 9.17) is 9.47 Å². The van der Waals surface area contributed by atoms with E-state index in [2.05, 4.69) is 21.2 Å². The van der Waals surface area contributed by atoms with Crippen LogP contribution in [-0.4, -0.2) is 23.2 Å². The molecule has 7 heteroatoms. The Morgan fingerprint density at radius 2 is 1.48 bits per heavy atom. The molecule has 0 bridgehead atoms. The van der Waals surface area contributed by atoms with Crippen LogP contribution in [0.4, 0.5) is 4.79 Å². The lowest BCUT2D eigenvalue weighted by atomic mass is 10.0. The van der Waals surface area contributed by atoms with E-state index < -0.39 is 18.1 Å². The fourth-order valence-corrected chi connectivity index (χ4v) is 3.45. The molecular formula is C24H22BrNO5. The number of aliphatic carboxylic acids is 1. The van der Waals surface area contributed by atoms with Crippen molar-refractivity contribution in [3.63, 3.8) is 0 Å². The molecule has 3 aromatic carbocycles. The molecule has 0 fully saturated rings. The van der Waals surface area contributed by atoms with Gasteiger partial charge in [0.1, 0.15) is 25.0 Å². The maximum Gasteiger partial charge on any atom is 0.408 e. The van der Waals surface area contributed by atoms with Crippen LogP contribution in [0.3, 0.4) is 0 Å². The lowest BCUT2D eigenvalue weighted by Crippen LogP contribution is -2.42. The summed E-state index contributed by atoms with van der Waals surface area (Å²) < 4.78 is 11.8. The fourth-order valence-electron chi connectivity index (χ4n) is 2.93. The third-order valence-electron chi connectivity index (χ3n) is 4.50. The van der Waals surface area contributed by atoms with Crippen LogP contribution in [0.5, 0.6) is 5.75 Å². The summed E-state index contributed by atoms with van der Waals surface area (Å²) in [5, 5.41) is 12.0. The van der Waals surface area contributed by atoms with Crippen molar-refractivity contribution in [3.05, 3.63) is 100 Å². The molecule has 0 spiro atoms. The Bertz CT molecular complexity index is 1010. The summed E-state index contributed by atoms with van der Waals surface area (Å²) in [6, 6.07) is 23.0. The molecule has 0 saturated carbocycles. The van der Waals surface area contributed by atoms with E-state index in [0.29, 0.717) is 22.4 Å². The number of carboxylic acid groups (broad SMARTS) is 1. The third kappa shape index (κ3) is 6.86. The van der Waals surface area contributed by atoms with Gasteiger partial charge in [0, 0.05) is 6.42 Å². The van der Waals surface area contributed by atoms with Gasteiger partial charge in [0.25, 0.3) is 0 Å². The first kappa shape index (κ1) is 22.4. The minimum atomic E-state index is -1.17. The second kappa shape index (κ2) is 11.2. The first-order chi connectivity index (χ1) is 15.0. The highest BCUT2D eigenvalue weighted by Crippen LogP contribution is 2.31. The van der Waals surface area contributed by atoms with Crippen LogP contribution >= 0.6 is 15.9 Å². The van der Waals surface area contributed by atoms with E-state index >= 15 is 0 Å². The van der Waals surface area contributed by atoms with E-state index in [-0.39, 0.29) is 13.0 Å². The highest BCUT2D eigenvalue weighted by Gasteiger charge is 2.23. The third-order valence-corrected chi connectivity index (χ3v) is 5.13. The van der Waals surface area contributed by atoms with Gasteiger partial charge in [-0.3, -0.25) is 0 Å². The molecule has 160 valence electrons. The zero-order chi connectivity index (χ0) is 22.1. The predicted molar refractivity (Wildman–Crippen MR) is 120 cm³/mol. The van der Waals surface area contributed by atoms with Crippen LogP contribution in [-0.2, 0) is 29.2 Å². The summed E-state index contributed by atoms with van der Waals surface area (Å²) >= 11 is 3.46. The Morgan fingerprint density at radius 1 is 0.871 bits per heavy atom. The molecule has 3 aromatic rings. The van der Waals surface area contributed by atoms with Crippen LogP contribution in [0.2, 0.25) is 0 Å². The van der Waals surface area contributed by atoms with Crippen LogP contribution in [0.1, 0.15) is 16.7 Å². The maximum absolute atomic E-state index is 12.1. The summed E-state index contributed by atoms with van der Waals surface area (Å²) in [6.07, 6.45) is -0.753. The first-order valence-electron chi connectivity index (χ1n) is 9.67. The molecule has 0 radical (unpaired) electrons. The number of alkyl carbamates (subject to hydrolysis) is 1. The summed E-state index contributed by atoms with van der Waals surface area (Å²) in [6.45, 7) is 0.391. The van der Waals surface area contributed by atoms with Crippen molar-refractivity contribution in [2.75, 3.05) is 0 Å². The predicted octanol–water partition coefficient (Wildman–Crippen LogP) is 4.95. The molecule has 0 aliphatic rings. The number of rotatable bonds is 9. The smallest absolute Gasteiger partial charge is 0.408 e. The molecule has 0 aliphatic carbocycles. The topological polar surface area (TPSA) is 84.9 Å². The van der Waals surface area contributed by atoms with Gasteiger partial charge in [-0.25, -0.2) is 9.59 Å². The zero-order valence-corrected chi connectivity index (χ0v) is 18.2. The number of benzene rings is 3. The van der Waals surface area contributed by atoms with Gasteiger partial charge in [-0.05, 0) is 38.7 Å². The minimum absolute atomic E-state index is 0.0410. The summed E-state index contributed by atoms with van der Waals surface area (Å²) in [4.78, 5) is 23.9. The second-order valence-corrected chi connectivity index (χ2v) is 7.66. The lowest BCUT2D eigenvalue weighted by molar-refractivity contribution is -0.139. The molecule has 2 N–H and O–H groups in total. The van der Waals surface area contributed by atoms with Crippen LogP contribution in [0.15, 0.2) is 83.3 Å². The molecule has 1 amide bonds. The van der Waals surface area contributed by atoms with Crippen LogP contribution < -0.4 is 10.1 Å². The summed E-state index contributed by atoms with van der Waals surface area (Å²) in [5.74, 6) is -0.622. The SMILES string of the molecule is O=C(NC(Cc1cccc(Br)c1OCc1ccccc1)C(=O)O)OCc1ccccc1. The number of carboxylic acids is 1. The van der Waals surface area contributed by atoms with Gasteiger partial charge in [0.15, 0.2) is 0 Å². The number of hydrogen-bond donors (Lipinski definition) is 2. The van der Waals surface area contributed by atoms with Crippen molar-refractivity contribution >= 4 is 28.0 Å². The Morgan fingerprint density at radius 3 is 2.10 bits per heavy atom. The van der Waals surface area contributed by atoms with Gasteiger partial charge >= 0.3 is 12.1 Å². The quantitative estimate of drug-likeness (QED) is 0.449. The molecule has 6 nitrogen and oxygen atoms in total. The molecule has 0 aromatic heterocycles. The lowest BCUT2D eigenvalue weighted by Gasteiger charge is -2.18. The van der Waals surface area contributed by atoms with Gasteiger partial charge in [0.2, 0.25) is 0 Å². The highest BCUT2D eigenvalue weighted by molar-refractivity contribution is 9.10. The molecule has 0 heterocycles. The number of para-hydroxylation sites is 1. The summed E-state index contributed by atoms with van der Waals surface area (Å²) in [5.41, 5.74) is 2.45. The van der Waals surface area contributed by atoms with Crippen molar-refractivity contribution in [1.82, 2.24) is 5.32 Å². The van der Waals surface area contributed by atoms with Gasteiger partial charge in [-0.15, -0.1) is 0 Å². The van der Waals surface area contributed by atoms with E-state index in [9.17, 15) is 14.7 Å². The van der Waals surface area contributed by atoms with Crippen LogP contribution in [0, 0.1) is 0 Å². The average Bonchev–Trinajstić information content (AvgIpc) is 2.78. The second-order valence-electron chi connectivity index (χ2n) is 6.80. The maximum atomic E-state index is 12.1. The van der Waals surface area contributed by atoms with Crippen molar-refractivity contribution in [1.29, 1.82) is 0 Å². The fraction of sp³-hybridized carbons (Fsp3) is 0.167. The van der Waals surface area contributed by atoms with E-state index in [1.165, 1.54) is 0 Å². The number of ether oxygens (including phenoxy) is 2. The number of carbonyl (C=O) groups excluding carboxylic acids is 1. The number of hydrogen-bond acceptors (Lipinski definition) is 4. The van der Waals surface area contributed by atoms with Crippen molar-refractivity contribution in [2.45, 2.75) is 25.7 Å². The van der Waals surface area contributed by atoms with E-state index in [1.54, 1.807) is 12.1 Å². The molecule has 3 rings (SSSR count). The minimum Gasteiger partial charge on any atom is -0.487 e. The van der Waals surface area contributed by atoms with Crippen LogP contribution in [0.25, 0.3) is 0 Å². The molecular weight excluding hydrogens is 462 g/mol. The number of amides is 1. The van der Waals surface area contributed by atoms with Crippen molar-refractivity contribution in [3.8, 4) is 5.75 Å². The van der Waals surface area contributed by atoms with E-state index in [0.717, 1.165) is 11.1 Å². The molecule has 31 heavy (non-hydrogen) atoms. The van der Waals surface area contributed by atoms with Crippen molar-refractivity contribution in [2.24, 2.45) is 0 Å². The Balaban J connectivity index is 1.65. The summed E-state index contributed by atoms with van der Waals surface area (Å²) in [7, 11) is 0. The standard InChI is InChI=1S/C24H22BrNO5/c25-20-13-7-12-19(22(20)30-15-17-8-3-1-4-9-17)14-21(23(27)28)26-24(29)31-16-18-10-5-2-6-11-18/h1-13,21H,14-16H2,(H,26,29)(H,27,28). The normalized spacial score (nSPS) is 11.4. The van der Waals surface area contributed by atoms with Gasteiger partial charge in [0.05, 0.1) is 4.47 Å². The molecule has 1 atom stereocenters. The van der Waals surface area contributed by atoms with Gasteiger partial charge in [-0.2, -0.15) is 0 Å². The first-order valence-corrected chi connectivity index (χ1v) is 10.5. The van der Waals surface area contributed by atoms with Gasteiger partial charge < -0.3 is 19.9 Å². The van der Waals surface area contributed by atoms with Crippen molar-refractivity contribution < 1.29 is 24.2 Å². The Labute approximate surface area is 188 Å². The zero-order valence-electron chi connectivity index (χ0n) is 16.7. The molecule has 0 aliphatic heterocycles. The highest BCUT2D eigenvalue weighted by atomic mass is 79.9. The molecule has 0 saturated heterocycles. The Kier molecular flexibility index (Phi) is 8.06. The monoisotopic (exact) mass is 483 g/mol. The van der Waals surface area contributed by atoms with E-state index in [1.807, 2.05) is 66.7 Å². The number of carbonyl (C=O) groups is 2. The number of halogens is 1. The Hall–Kier alpha value is -3.32. The average molecular weight is 484 g/mol. The van der Waals surface area contributed by atoms with Gasteiger partial charge in [-0.1, -0.05) is 72.8 Å².